The van der Waals surface area contributed by atoms with Gasteiger partial charge in [0.1, 0.15) is 0 Å². The van der Waals surface area contributed by atoms with Crippen LogP contribution in [-0.2, 0) is 9.59 Å². The van der Waals surface area contributed by atoms with E-state index in [1.54, 1.807) is 13.8 Å². The maximum Gasteiger partial charge on any atom is 0.332 e. The first kappa shape index (κ1) is 17.6. The highest BCUT2D eigenvalue weighted by atomic mass is 16.4. The van der Waals surface area contributed by atoms with Crippen molar-refractivity contribution in [3.8, 4) is 0 Å². The first-order valence-corrected chi connectivity index (χ1v) is 6.33. The van der Waals surface area contributed by atoms with Crippen LogP contribution in [0.25, 0.3) is 6.08 Å². The van der Waals surface area contributed by atoms with Crippen LogP contribution in [0.4, 0.5) is 0 Å². The molecule has 0 amide bonds. The van der Waals surface area contributed by atoms with Gasteiger partial charge in [-0.25, -0.2) is 9.59 Å². The molecule has 4 nitrogen and oxygen atoms in total. The molecule has 0 aliphatic rings. The van der Waals surface area contributed by atoms with E-state index in [2.05, 4.69) is 6.58 Å². The van der Waals surface area contributed by atoms with Gasteiger partial charge in [-0.1, -0.05) is 56.8 Å². The van der Waals surface area contributed by atoms with Crippen LogP contribution >= 0.6 is 0 Å². The summed E-state index contributed by atoms with van der Waals surface area (Å²) in [5, 5.41) is 17.2. The summed E-state index contributed by atoms with van der Waals surface area (Å²) in [5.74, 6) is -2.28. The van der Waals surface area contributed by atoms with Crippen molar-refractivity contribution in [1.82, 2.24) is 0 Å². The molecule has 2 N–H and O–H groups in total. The maximum absolute atomic E-state index is 10.5. The smallest absolute Gasteiger partial charge is 0.332 e. The number of aliphatic carboxylic acids is 2. The summed E-state index contributed by atoms with van der Waals surface area (Å²) in [6, 6.07) is 10.0. The quantitative estimate of drug-likeness (QED) is 0.806. The Balaban J connectivity index is 0.000000388. The van der Waals surface area contributed by atoms with Crippen molar-refractivity contribution >= 4 is 18.0 Å². The molecule has 0 spiro atoms. The highest BCUT2D eigenvalue weighted by molar-refractivity contribution is 5.98. The average molecular weight is 276 g/mol. The molecule has 1 aromatic carbocycles. The lowest BCUT2D eigenvalue weighted by molar-refractivity contribution is -0.136. The van der Waals surface area contributed by atoms with E-state index in [1.807, 2.05) is 36.4 Å². The third kappa shape index (κ3) is 6.00. The van der Waals surface area contributed by atoms with Gasteiger partial charge in [-0.15, -0.1) is 0 Å². The molecule has 0 aliphatic heterocycles. The SMILES string of the molecule is C=Cc1ccccc1.CCC(C(=O)O)=C(CC)C(=O)O. The third-order valence-electron chi connectivity index (χ3n) is 2.62. The van der Waals surface area contributed by atoms with Gasteiger partial charge in [0.15, 0.2) is 0 Å². The zero-order valence-electron chi connectivity index (χ0n) is 11.8. The second kappa shape index (κ2) is 9.55. The largest absolute Gasteiger partial charge is 0.478 e. The van der Waals surface area contributed by atoms with Gasteiger partial charge in [0.25, 0.3) is 0 Å². The van der Waals surface area contributed by atoms with Crippen LogP contribution in [-0.4, -0.2) is 22.2 Å². The fourth-order valence-corrected chi connectivity index (χ4v) is 1.58. The summed E-state index contributed by atoms with van der Waals surface area (Å²) in [6.45, 7) is 6.89. The molecule has 0 unspecified atom stereocenters. The van der Waals surface area contributed by atoms with Crippen molar-refractivity contribution < 1.29 is 19.8 Å². The Bertz CT molecular complexity index is 462. The number of hydrogen-bond donors (Lipinski definition) is 2. The van der Waals surface area contributed by atoms with Crippen molar-refractivity contribution in [2.24, 2.45) is 0 Å². The summed E-state index contributed by atoms with van der Waals surface area (Å²) < 4.78 is 0. The summed E-state index contributed by atoms with van der Waals surface area (Å²) in [5.41, 5.74) is 1.16. The van der Waals surface area contributed by atoms with Crippen LogP contribution < -0.4 is 0 Å². The Morgan fingerprint density at radius 1 is 1.00 bits per heavy atom. The third-order valence-corrected chi connectivity index (χ3v) is 2.62. The number of carboxylic acid groups (broad SMARTS) is 2. The highest BCUT2D eigenvalue weighted by Gasteiger charge is 2.16. The minimum atomic E-state index is -1.14. The molecular formula is C16H20O4. The molecule has 0 fully saturated rings. The van der Waals surface area contributed by atoms with Crippen LogP contribution in [0.2, 0.25) is 0 Å². The molecule has 20 heavy (non-hydrogen) atoms. The number of rotatable bonds is 5. The van der Waals surface area contributed by atoms with Crippen LogP contribution in [0.5, 0.6) is 0 Å². The van der Waals surface area contributed by atoms with Crippen molar-refractivity contribution in [2.75, 3.05) is 0 Å². The van der Waals surface area contributed by atoms with E-state index in [4.69, 9.17) is 10.2 Å². The predicted molar refractivity (Wildman–Crippen MR) is 79.4 cm³/mol. The van der Waals surface area contributed by atoms with Gasteiger partial charge >= 0.3 is 11.9 Å². The van der Waals surface area contributed by atoms with E-state index in [0.717, 1.165) is 0 Å². The van der Waals surface area contributed by atoms with Gasteiger partial charge < -0.3 is 10.2 Å². The number of carboxylic acids is 2. The predicted octanol–water partition coefficient (Wildman–Crippen LogP) is 3.60. The van der Waals surface area contributed by atoms with E-state index in [9.17, 15) is 9.59 Å². The molecule has 0 radical (unpaired) electrons. The van der Waals surface area contributed by atoms with E-state index in [0.29, 0.717) is 0 Å². The molecular weight excluding hydrogens is 256 g/mol. The maximum atomic E-state index is 10.5. The van der Waals surface area contributed by atoms with Gasteiger partial charge in [-0.05, 0) is 18.4 Å². The number of hydrogen-bond acceptors (Lipinski definition) is 2. The molecule has 0 bridgehead atoms. The molecule has 0 aromatic heterocycles. The Morgan fingerprint density at radius 3 is 1.60 bits per heavy atom. The minimum absolute atomic E-state index is 0.00926. The van der Waals surface area contributed by atoms with E-state index >= 15 is 0 Å². The summed E-state index contributed by atoms with van der Waals surface area (Å²) in [6.07, 6.45) is 2.32. The van der Waals surface area contributed by atoms with Gasteiger partial charge in [0.2, 0.25) is 0 Å². The fraction of sp³-hybridized carbons (Fsp3) is 0.250. The lowest BCUT2D eigenvalue weighted by Crippen LogP contribution is -2.10. The van der Waals surface area contributed by atoms with Crippen LogP contribution in [0.1, 0.15) is 32.3 Å². The fourth-order valence-electron chi connectivity index (χ4n) is 1.58. The monoisotopic (exact) mass is 276 g/mol. The summed E-state index contributed by atoms with van der Waals surface area (Å²) in [7, 11) is 0. The number of benzene rings is 1. The van der Waals surface area contributed by atoms with E-state index in [1.165, 1.54) is 5.56 Å². The van der Waals surface area contributed by atoms with Gasteiger partial charge in [0.05, 0.1) is 0 Å². The Kier molecular flexibility index (Phi) is 8.43. The highest BCUT2D eigenvalue weighted by Crippen LogP contribution is 2.12. The Labute approximate surface area is 119 Å². The second-order valence-corrected chi connectivity index (χ2v) is 3.89. The van der Waals surface area contributed by atoms with Crippen molar-refractivity contribution in [2.45, 2.75) is 26.7 Å². The number of carbonyl (C=O) groups is 2. The molecule has 0 saturated heterocycles. The van der Waals surface area contributed by atoms with Gasteiger partial charge in [0, 0.05) is 11.1 Å². The Hall–Kier alpha value is -2.36. The van der Waals surface area contributed by atoms with Gasteiger partial charge in [-0.2, -0.15) is 0 Å². The molecule has 0 heterocycles. The Morgan fingerprint density at radius 2 is 1.40 bits per heavy atom. The average Bonchev–Trinajstić information content (AvgIpc) is 2.45. The molecule has 1 rings (SSSR count). The van der Waals surface area contributed by atoms with Gasteiger partial charge in [-0.3, -0.25) is 0 Å². The summed E-state index contributed by atoms with van der Waals surface area (Å²) in [4.78, 5) is 21.0. The van der Waals surface area contributed by atoms with Crippen molar-refractivity contribution in [1.29, 1.82) is 0 Å². The van der Waals surface area contributed by atoms with Crippen LogP contribution in [0, 0.1) is 0 Å². The minimum Gasteiger partial charge on any atom is -0.478 e. The molecule has 0 atom stereocenters. The van der Waals surface area contributed by atoms with Crippen LogP contribution in [0.15, 0.2) is 48.1 Å². The standard InChI is InChI=1S/C8H12O4.C8H8/c1-3-5(7(9)10)6(4-2)8(11)12;1-2-8-6-4-3-5-7-8/h3-4H2,1-2H3,(H,9,10)(H,11,12);2-7H,1H2. The molecule has 1 aromatic rings. The molecule has 0 aliphatic carbocycles. The zero-order valence-corrected chi connectivity index (χ0v) is 11.8. The zero-order chi connectivity index (χ0) is 15.5. The first-order valence-electron chi connectivity index (χ1n) is 6.33. The van der Waals surface area contributed by atoms with E-state index in [-0.39, 0.29) is 24.0 Å². The second-order valence-electron chi connectivity index (χ2n) is 3.89. The first-order chi connectivity index (χ1) is 9.47. The molecule has 4 heteroatoms. The topological polar surface area (TPSA) is 74.6 Å². The van der Waals surface area contributed by atoms with E-state index < -0.39 is 11.9 Å². The van der Waals surface area contributed by atoms with Crippen molar-refractivity contribution in [3.05, 3.63) is 53.6 Å². The van der Waals surface area contributed by atoms with Crippen molar-refractivity contribution in [3.63, 3.8) is 0 Å². The normalized spacial score (nSPS) is 10.7. The summed E-state index contributed by atoms with van der Waals surface area (Å²) >= 11 is 0. The lowest BCUT2D eigenvalue weighted by atomic mass is 10.0. The van der Waals surface area contributed by atoms with Crippen LogP contribution in [0.3, 0.4) is 0 Å². The lowest BCUT2D eigenvalue weighted by Gasteiger charge is -2.03. The molecule has 108 valence electrons. The molecule has 0 saturated carbocycles.